The Balaban J connectivity index is 0.00000141. The number of hydrogen-bond donors (Lipinski definition) is 7. The first-order chi connectivity index (χ1) is 15.4. The number of aromatic amines is 3. The first-order valence-corrected chi connectivity index (χ1v) is 10.1. The monoisotopic (exact) mass is 429 g/mol. The molecule has 0 saturated heterocycles. The first kappa shape index (κ1) is 22.3. The van der Waals surface area contributed by atoms with Crippen LogP contribution in [-0.4, -0.2) is 36.6 Å². The third kappa shape index (κ3) is 4.36. The summed E-state index contributed by atoms with van der Waals surface area (Å²) in [6.07, 6.45) is 3.25. The molecule has 0 bridgehead atoms. The minimum Gasteiger partial charge on any atom is -0.384 e. The minimum atomic E-state index is -0.0612. The van der Waals surface area contributed by atoms with Crippen LogP contribution in [-0.2, 0) is 0 Å². The second-order valence-corrected chi connectivity index (χ2v) is 6.83. The summed E-state index contributed by atoms with van der Waals surface area (Å²) in [5.41, 5.74) is 17.0. The second-order valence-electron chi connectivity index (χ2n) is 6.83. The number of rotatable bonds is 6. The molecule has 9 nitrogen and oxygen atoms in total. The highest BCUT2D eigenvalue weighted by atomic mass is 15.0. The molecule has 3 heterocycles. The van der Waals surface area contributed by atoms with Crippen molar-refractivity contribution < 1.29 is 0 Å². The van der Waals surface area contributed by atoms with E-state index < -0.39 is 0 Å². The van der Waals surface area contributed by atoms with Gasteiger partial charge in [0.15, 0.2) is 11.6 Å². The molecule has 164 valence electrons. The normalized spacial score (nSPS) is 11.2. The Bertz CT molecular complexity index is 1330. The van der Waals surface area contributed by atoms with Crippen LogP contribution in [0.15, 0.2) is 48.6 Å². The fourth-order valence-corrected chi connectivity index (χ4v) is 3.11. The Hall–Kier alpha value is -4.40. The third-order valence-electron chi connectivity index (χ3n) is 4.73. The Labute approximate surface area is 185 Å². The molecule has 1 aromatic carbocycles. The Kier molecular flexibility index (Phi) is 6.39. The molecule has 4 aromatic rings. The summed E-state index contributed by atoms with van der Waals surface area (Å²) in [5.74, 6) is 1.28. The number of nitrogens with zero attached hydrogens (tertiary/aromatic N) is 2. The Morgan fingerprint density at radius 2 is 1.62 bits per heavy atom. The van der Waals surface area contributed by atoms with Crippen molar-refractivity contribution in [1.29, 1.82) is 10.8 Å². The van der Waals surface area contributed by atoms with Gasteiger partial charge in [0.1, 0.15) is 11.7 Å². The zero-order valence-electron chi connectivity index (χ0n) is 18.3. The maximum atomic E-state index is 7.59. The molecular formula is C23H27N9. The number of benzene rings is 1. The summed E-state index contributed by atoms with van der Waals surface area (Å²) in [4.78, 5) is 19.0. The number of nitrogens with one attached hydrogen (secondary N) is 5. The topological polar surface area (TPSA) is 173 Å². The standard InChI is InChI=1S/C21H21N9.C2H6/c1-3-11(18(22)23)8-16-10(2)26-20(29-16)14-6-7-15(27-14)21-28-13-5-4-12(19(24)25)9-17(13)30-21;1-2/h3-9,27H,1H2,2H3,(H3,22,23)(H3,24,25)(H,26,29)(H,28,30);1-2H3/b11-8+;. The second kappa shape index (κ2) is 9.17. The summed E-state index contributed by atoms with van der Waals surface area (Å²) >= 11 is 0. The number of aryl methyl sites for hydroxylation is 1. The van der Waals surface area contributed by atoms with Crippen molar-refractivity contribution >= 4 is 28.8 Å². The highest BCUT2D eigenvalue weighted by Crippen LogP contribution is 2.25. The molecule has 0 atom stereocenters. The van der Waals surface area contributed by atoms with Crippen LogP contribution < -0.4 is 11.5 Å². The molecule has 0 unspecified atom stereocenters. The van der Waals surface area contributed by atoms with Crippen molar-refractivity contribution in [1.82, 2.24) is 24.9 Å². The lowest BCUT2D eigenvalue weighted by atomic mass is 10.2. The molecule has 9 N–H and O–H groups in total. The summed E-state index contributed by atoms with van der Waals surface area (Å²) in [5, 5.41) is 15.2. The highest BCUT2D eigenvalue weighted by molar-refractivity contribution is 6.01. The molecule has 0 radical (unpaired) electrons. The number of hydrogen-bond acceptors (Lipinski definition) is 4. The van der Waals surface area contributed by atoms with Crippen LogP contribution in [0.25, 0.3) is 40.1 Å². The molecule has 0 aliphatic rings. The van der Waals surface area contributed by atoms with Gasteiger partial charge in [0.05, 0.1) is 28.1 Å². The smallest absolute Gasteiger partial charge is 0.154 e. The van der Waals surface area contributed by atoms with Gasteiger partial charge in [0.2, 0.25) is 0 Å². The van der Waals surface area contributed by atoms with Gasteiger partial charge in [0.25, 0.3) is 0 Å². The molecule has 3 aromatic heterocycles. The summed E-state index contributed by atoms with van der Waals surface area (Å²) < 4.78 is 0. The summed E-state index contributed by atoms with van der Waals surface area (Å²) in [7, 11) is 0. The van der Waals surface area contributed by atoms with E-state index in [4.69, 9.17) is 22.3 Å². The van der Waals surface area contributed by atoms with Gasteiger partial charge >= 0.3 is 0 Å². The SMILES string of the molecule is C=C/C(=C\c1nc(-c2ccc(-c3nc4ccc(C(=N)N)cc4[nH]3)[nH]2)[nH]c1C)C(=N)N.CC. The lowest BCUT2D eigenvalue weighted by Crippen LogP contribution is -2.11. The first-order valence-electron chi connectivity index (χ1n) is 10.1. The van der Waals surface area contributed by atoms with Gasteiger partial charge < -0.3 is 26.4 Å². The maximum Gasteiger partial charge on any atom is 0.154 e. The van der Waals surface area contributed by atoms with Crippen molar-refractivity contribution in [3.8, 4) is 23.0 Å². The van der Waals surface area contributed by atoms with Crippen LogP contribution in [0.4, 0.5) is 0 Å². The van der Waals surface area contributed by atoms with Gasteiger partial charge in [0, 0.05) is 16.8 Å². The Morgan fingerprint density at radius 3 is 2.22 bits per heavy atom. The zero-order chi connectivity index (χ0) is 23.4. The van der Waals surface area contributed by atoms with Crippen LogP contribution in [0.2, 0.25) is 0 Å². The number of amidine groups is 2. The quantitative estimate of drug-likeness (QED) is 0.139. The van der Waals surface area contributed by atoms with E-state index in [1.54, 1.807) is 18.2 Å². The molecular weight excluding hydrogens is 402 g/mol. The van der Waals surface area contributed by atoms with Crippen molar-refractivity contribution in [2.45, 2.75) is 20.8 Å². The number of H-pyrrole nitrogens is 3. The fraction of sp³-hybridized carbons (Fsp3) is 0.130. The van der Waals surface area contributed by atoms with Crippen molar-refractivity contribution in [2.24, 2.45) is 11.5 Å². The van der Waals surface area contributed by atoms with E-state index in [1.165, 1.54) is 6.08 Å². The molecule has 0 fully saturated rings. The lowest BCUT2D eigenvalue weighted by Gasteiger charge is -1.97. The van der Waals surface area contributed by atoms with Crippen LogP contribution >= 0.6 is 0 Å². The van der Waals surface area contributed by atoms with Crippen LogP contribution in [0.3, 0.4) is 0 Å². The molecule has 0 saturated carbocycles. The molecule has 32 heavy (non-hydrogen) atoms. The highest BCUT2D eigenvalue weighted by Gasteiger charge is 2.13. The van der Waals surface area contributed by atoms with Gasteiger partial charge in [-0.2, -0.15) is 0 Å². The van der Waals surface area contributed by atoms with Gasteiger partial charge in [-0.1, -0.05) is 26.5 Å². The lowest BCUT2D eigenvalue weighted by molar-refractivity contribution is 1.21. The minimum absolute atomic E-state index is 0.0117. The molecule has 0 aliphatic heterocycles. The number of aromatic nitrogens is 5. The van der Waals surface area contributed by atoms with Crippen LogP contribution in [0.1, 0.15) is 30.8 Å². The van der Waals surface area contributed by atoms with Crippen molar-refractivity contribution in [3.63, 3.8) is 0 Å². The number of nitrogens with two attached hydrogens (primary N) is 2. The molecule has 0 amide bonds. The molecule has 9 heteroatoms. The number of nitrogen functional groups attached to an aromatic ring is 1. The maximum absolute atomic E-state index is 7.59. The number of fused-ring (bicyclic) bond motifs is 1. The van der Waals surface area contributed by atoms with Gasteiger partial charge in [-0.15, -0.1) is 0 Å². The average molecular weight is 430 g/mol. The predicted molar refractivity (Wildman–Crippen MR) is 131 cm³/mol. The predicted octanol–water partition coefficient (Wildman–Crippen LogP) is 4.07. The Morgan fingerprint density at radius 1 is 0.969 bits per heavy atom. The van der Waals surface area contributed by atoms with Gasteiger partial charge in [-0.05, 0) is 43.3 Å². The summed E-state index contributed by atoms with van der Waals surface area (Å²) in [6, 6.07) is 9.23. The molecule has 4 rings (SSSR count). The van der Waals surface area contributed by atoms with E-state index in [9.17, 15) is 0 Å². The van der Waals surface area contributed by atoms with Gasteiger partial charge in [-0.25, -0.2) is 9.97 Å². The number of imidazole rings is 2. The van der Waals surface area contributed by atoms with E-state index in [1.807, 2.05) is 39.0 Å². The van der Waals surface area contributed by atoms with Crippen molar-refractivity contribution in [3.05, 3.63) is 65.5 Å². The fourth-order valence-electron chi connectivity index (χ4n) is 3.11. The van der Waals surface area contributed by atoms with E-state index >= 15 is 0 Å². The summed E-state index contributed by atoms with van der Waals surface area (Å²) in [6.45, 7) is 9.58. The van der Waals surface area contributed by atoms with E-state index in [-0.39, 0.29) is 11.7 Å². The zero-order valence-corrected chi connectivity index (χ0v) is 18.3. The molecule has 0 spiro atoms. The van der Waals surface area contributed by atoms with E-state index in [2.05, 4.69) is 31.5 Å². The van der Waals surface area contributed by atoms with Crippen LogP contribution in [0.5, 0.6) is 0 Å². The van der Waals surface area contributed by atoms with E-state index in [0.717, 1.165) is 28.1 Å². The third-order valence-corrected chi connectivity index (χ3v) is 4.73. The van der Waals surface area contributed by atoms with E-state index in [0.29, 0.717) is 28.5 Å². The largest absolute Gasteiger partial charge is 0.384 e. The van der Waals surface area contributed by atoms with Crippen LogP contribution in [0, 0.1) is 17.7 Å². The molecule has 0 aliphatic carbocycles. The van der Waals surface area contributed by atoms with Gasteiger partial charge in [-0.3, -0.25) is 10.8 Å². The van der Waals surface area contributed by atoms with Crippen molar-refractivity contribution in [2.75, 3.05) is 0 Å². The average Bonchev–Trinajstić information content (AvgIpc) is 3.50.